The van der Waals surface area contributed by atoms with Crippen molar-refractivity contribution < 1.29 is 22.7 Å². The molecule has 166 valence electrons. The third-order valence-corrected chi connectivity index (χ3v) is 8.06. The lowest BCUT2D eigenvalue weighted by Gasteiger charge is -2.14. The van der Waals surface area contributed by atoms with E-state index in [2.05, 4.69) is 22.1 Å². The Hall–Kier alpha value is -2.53. The maximum Gasteiger partial charge on any atom is 0.233 e. The van der Waals surface area contributed by atoms with Gasteiger partial charge in [-0.15, -0.1) is 16.8 Å². The highest BCUT2D eigenvalue weighted by Crippen LogP contribution is 2.33. The van der Waals surface area contributed by atoms with Crippen LogP contribution in [-0.4, -0.2) is 52.6 Å². The molecule has 4 rings (SSSR count). The number of aromatic nitrogens is 3. The Morgan fingerprint density at radius 1 is 1.39 bits per heavy atom. The molecule has 2 atom stereocenters. The minimum Gasteiger partial charge on any atom is -0.454 e. The molecule has 2 unspecified atom stereocenters. The van der Waals surface area contributed by atoms with Crippen LogP contribution < -0.4 is 14.8 Å². The van der Waals surface area contributed by atoms with Gasteiger partial charge >= 0.3 is 0 Å². The van der Waals surface area contributed by atoms with Crippen molar-refractivity contribution in [2.75, 3.05) is 18.3 Å². The lowest BCUT2D eigenvalue weighted by molar-refractivity contribution is -0.120. The number of fused-ring (bicyclic) bond motifs is 1. The molecule has 0 spiro atoms. The molecule has 2 aliphatic rings. The summed E-state index contributed by atoms with van der Waals surface area (Å²) in [7, 11) is -3.03. The molecule has 0 radical (unpaired) electrons. The van der Waals surface area contributed by atoms with Crippen molar-refractivity contribution in [3.63, 3.8) is 0 Å². The zero-order valence-corrected chi connectivity index (χ0v) is 18.7. The normalized spacial score (nSPS) is 19.8. The zero-order valence-electron chi connectivity index (χ0n) is 17.1. The van der Waals surface area contributed by atoms with Gasteiger partial charge in [-0.05, 0) is 31.0 Å². The molecule has 11 heteroatoms. The van der Waals surface area contributed by atoms with Crippen LogP contribution in [0.3, 0.4) is 0 Å². The zero-order chi connectivity index (χ0) is 22.0. The van der Waals surface area contributed by atoms with Gasteiger partial charge in [0.15, 0.2) is 26.5 Å². The molecule has 1 aromatic heterocycles. The van der Waals surface area contributed by atoms with Gasteiger partial charge in [0.25, 0.3) is 0 Å². The number of rotatable bonds is 8. The van der Waals surface area contributed by atoms with E-state index in [1.807, 2.05) is 22.8 Å². The van der Waals surface area contributed by atoms with Crippen molar-refractivity contribution in [1.29, 1.82) is 0 Å². The summed E-state index contributed by atoms with van der Waals surface area (Å²) in [5.74, 6) is 1.94. The number of benzene rings is 1. The van der Waals surface area contributed by atoms with Gasteiger partial charge in [-0.25, -0.2) is 8.42 Å². The molecule has 9 nitrogen and oxygen atoms in total. The Kier molecular flexibility index (Phi) is 6.24. The Labute approximate surface area is 185 Å². The van der Waals surface area contributed by atoms with E-state index in [9.17, 15) is 13.2 Å². The molecule has 1 N–H and O–H groups in total. The van der Waals surface area contributed by atoms with Crippen molar-refractivity contribution in [3.05, 3.63) is 42.2 Å². The lowest BCUT2D eigenvalue weighted by atomic mass is 10.1. The number of carbonyl (C=O) groups is 1. The van der Waals surface area contributed by atoms with Crippen LogP contribution in [0.2, 0.25) is 0 Å². The van der Waals surface area contributed by atoms with Crippen LogP contribution in [0.25, 0.3) is 0 Å². The third kappa shape index (κ3) is 4.87. The third-order valence-electron chi connectivity index (χ3n) is 5.21. The number of thioether (sulfide) groups is 1. The van der Waals surface area contributed by atoms with Gasteiger partial charge in [-0.1, -0.05) is 23.9 Å². The van der Waals surface area contributed by atoms with E-state index in [1.54, 1.807) is 13.0 Å². The van der Waals surface area contributed by atoms with Gasteiger partial charge in [0.2, 0.25) is 12.7 Å². The van der Waals surface area contributed by atoms with Gasteiger partial charge in [0.05, 0.1) is 16.8 Å². The Bertz CT molecular complexity index is 1100. The molecule has 1 fully saturated rings. The largest absolute Gasteiger partial charge is 0.454 e. The number of hydrogen-bond acceptors (Lipinski definition) is 8. The number of allylic oxidation sites excluding steroid dienone is 1. The number of sulfone groups is 1. The maximum atomic E-state index is 12.6. The summed E-state index contributed by atoms with van der Waals surface area (Å²) in [6.45, 7) is 6.59. The van der Waals surface area contributed by atoms with Crippen molar-refractivity contribution >= 4 is 27.5 Å². The molecular formula is C20H24N4O5S2. The van der Waals surface area contributed by atoms with Gasteiger partial charge in [-0.2, -0.15) is 0 Å². The van der Waals surface area contributed by atoms with Crippen LogP contribution in [0.4, 0.5) is 0 Å². The van der Waals surface area contributed by atoms with E-state index in [1.165, 1.54) is 11.8 Å². The van der Waals surface area contributed by atoms with Crippen LogP contribution in [0, 0.1) is 0 Å². The minimum atomic E-state index is -3.03. The topological polar surface area (TPSA) is 112 Å². The summed E-state index contributed by atoms with van der Waals surface area (Å²) in [5.41, 5.74) is 0.911. The predicted molar refractivity (Wildman–Crippen MR) is 116 cm³/mol. The van der Waals surface area contributed by atoms with E-state index < -0.39 is 15.1 Å². The number of nitrogens with one attached hydrogen (secondary N) is 1. The van der Waals surface area contributed by atoms with Gasteiger partial charge in [0, 0.05) is 19.0 Å². The summed E-state index contributed by atoms with van der Waals surface area (Å²) >= 11 is 1.29. The van der Waals surface area contributed by atoms with Gasteiger partial charge < -0.3 is 19.4 Å². The molecule has 3 heterocycles. The van der Waals surface area contributed by atoms with Crippen molar-refractivity contribution in [2.24, 2.45) is 0 Å². The fourth-order valence-corrected chi connectivity index (χ4v) is 6.21. The molecular weight excluding hydrogens is 440 g/mol. The molecule has 31 heavy (non-hydrogen) atoms. The summed E-state index contributed by atoms with van der Waals surface area (Å²) < 4.78 is 36.2. The highest BCUT2D eigenvalue weighted by atomic mass is 32.2. The smallest absolute Gasteiger partial charge is 0.233 e. The van der Waals surface area contributed by atoms with E-state index in [0.717, 1.165) is 5.56 Å². The molecule has 0 aliphatic carbocycles. The second-order valence-electron chi connectivity index (χ2n) is 7.51. The van der Waals surface area contributed by atoms with E-state index in [0.29, 0.717) is 42.0 Å². The monoisotopic (exact) mass is 464 g/mol. The predicted octanol–water partition coefficient (Wildman–Crippen LogP) is 1.89. The summed E-state index contributed by atoms with van der Waals surface area (Å²) in [6.07, 6.45) is 2.25. The van der Waals surface area contributed by atoms with Crippen LogP contribution in [0.1, 0.15) is 30.7 Å². The molecule has 2 aromatic rings. The number of nitrogens with zero attached hydrogens (tertiary/aromatic N) is 3. The number of ether oxygens (including phenoxy) is 2. The quantitative estimate of drug-likeness (QED) is 0.466. The highest BCUT2D eigenvalue weighted by Gasteiger charge is 2.33. The SMILES string of the molecule is C=CCn1c(SC(C)C(=O)NCc2ccc3c(c2)OCO3)nnc1C1CCS(=O)(=O)C1. The minimum absolute atomic E-state index is 0.0819. The molecule has 0 bridgehead atoms. The van der Waals surface area contributed by atoms with Crippen molar-refractivity contribution in [1.82, 2.24) is 20.1 Å². The first kappa shape index (κ1) is 21.7. The first-order valence-electron chi connectivity index (χ1n) is 9.93. The first-order chi connectivity index (χ1) is 14.9. The van der Waals surface area contributed by atoms with Crippen LogP contribution in [0.5, 0.6) is 11.5 Å². The summed E-state index contributed by atoms with van der Waals surface area (Å²) in [5, 5.41) is 11.6. The van der Waals surface area contributed by atoms with Crippen molar-refractivity contribution in [2.45, 2.75) is 42.8 Å². The lowest BCUT2D eigenvalue weighted by Crippen LogP contribution is -2.30. The number of carbonyl (C=O) groups excluding carboxylic acids is 1. The second kappa shape index (κ2) is 8.91. The molecule has 1 saturated heterocycles. The van der Waals surface area contributed by atoms with E-state index >= 15 is 0 Å². The molecule has 2 aliphatic heterocycles. The summed E-state index contributed by atoms with van der Waals surface area (Å²) in [6, 6.07) is 5.56. The van der Waals surface area contributed by atoms with Gasteiger partial charge in [0.1, 0.15) is 5.82 Å². The molecule has 0 saturated carbocycles. The number of hydrogen-bond donors (Lipinski definition) is 1. The van der Waals surface area contributed by atoms with E-state index in [-0.39, 0.29) is 30.1 Å². The fraction of sp³-hybridized carbons (Fsp3) is 0.450. The fourth-order valence-electron chi connectivity index (χ4n) is 3.58. The molecule has 1 amide bonds. The van der Waals surface area contributed by atoms with Crippen molar-refractivity contribution in [3.8, 4) is 11.5 Å². The first-order valence-corrected chi connectivity index (χ1v) is 12.6. The maximum absolute atomic E-state index is 12.6. The van der Waals surface area contributed by atoms with E-state index in [4.69, 9.17) is 9.47 Å². The Balaban J connectivity index is 1.40. The summed E-state index contributed by atoms with van der Waals surface area (Å²) in [4.78, 5) is 12.6. The highest BCUT2D eigenvalue weighted by molar-refractivity contribution is 8.00. The standard InChI is InChI=1S/C20H24N4O5S2/c1-3-7-24-18(15-6-8-31(26,27)11-15)22-23-20(24)30-13(2)19(25)21-10-14-4-5-16-17(9-14)29-12-28-16/h3-5,9,13,15H,1,6-8,10-12H2,2H3,(H,21,25). The number of amides is 1. The molecule has 1 aromatic carbocycles. The Morgan fingerprint density at radius 3 is 2.94 bits per heavy atom. The van der Waals surface area contributed by atoms with Crippen LogP contribution in [0.15, 0.2) is 36.0 Å². The average molecular weight is 465 g/mol. The average Bonchev–Trinajstić information content (AvgIpc) is 3.45. The van der Waals surface area contributed by atoms with Gasteiger partial charge in [-0.3, -0.25) is 4.79 Å². The van der Waals surface area contributed by atoms with Crippen LogP contribution >= 0.6 is 11.8 Å². The Morgan fingerprint density at radius 2 is 2.19 bits per heavy atom. The second-order valence-corrected chi connectivity index (χ2v) is 11.0. The van der Waals surface area contributed by atoms with Crippen LogP contribution in [-0.2, 0) is 27.7 Å².